The molecule has 4 heteroatoms. The maximum Gasteiger partial charge on any atom is 0.222 e. The van der Waals surface area contributed by atoms with Crippen molar-refractivity contribution in [2.24, 2.45) is 5.92 Å². The van der Waals surface area contributed by atoms with Gasteiger partial charge in [0, 0.05) is 25.4 Å². The van der Waals surface area contributed by atoms with Crippen LogP contribution in [0.4, 0.5) is 0 Å². The first-order valence-corrected chi connectivity index (χ1v) is 9.08. The zero-order valence-electron chi connectivity index (χ0n) is 16.0. The summed E-state index contributed by atoms with van der Waals surface area (Å²) in [6.45, 7) is 7.87. The lowest BCUT2D eigenvalue weighted by Crippen LogP contribution is -2.31. The van der Waals surface area contributed by atoms with Gasteiger partial charge in [-0.2, -0.15) is 0 Å². The molecule has 2 amide bonds. The van der Waals surface area contributed by atoms with Crippen LogP contribution in [0.3, 0.4) is 0 Å². The first-order chi connectivity index (χ1) is 12.3. The molecule has 0 radical (unpaired) electrons. The van der Waals surface area contributed by atoms with E-state index >= 15 is 0 Å². The van der Waals surface area contributed by atoms with Gasteiger partial charge in [0.25, 0.3) is 0 Å². The zero-order chi connectivity index (χ0) is 19.1. The lowest BCUT2D eigenvalue weighted by Gasteiger charge is -2.13. The minimum absolute atomic E-state index is 0.00287. The maximum atomic E-state index is 11.7. The van der Waals surface area contributed by atoms with Gasteiger partial charge in [0.05, 0.1) is 0 Å². The van der Waals surface area contributed by atoms with E-state index in [0.717, 1.165) is 23.1 Å². The van der Waals surface area contributed by atoms with E-state index in [2.05, 4.69) is 41.0 Å². The third-order valence-electron chi connectivity index (χ3n) is 4.20. The summed E-state index contributed by atoms with van der Waals surface area (Å²) in [4.78, 5) is 22.8. The minimum Gasteiger partial charge on any atom is -0.354 e. The number of hydrogen-bond donors (Lipinski definition) is 2. The van der Waals surface area contributed by atoms with Gasteiger partial charge in [-0.3, -0.25) is 9.59 Å². The maximum absolute atomic E-state index is 11.7. The molecule has 0 aliphatic heterocycles. The van der Waals surface area contributed by atoms with Crippen LogP contribution in [0.25, 0.3) is 11.1 Å². The van der Waals surface area contributed by atoms with Crippen molar-refractivity contribution in [3.8, 4) is 11.1 Å². The SMILES string of the molecule is CC(=O)N[C@H](C)Cc1cccc(-c2ccc(CNC(=O)C(C)C)cc2)c1. The Morgan fingerprint density at radius 1 is 0.923 bits per heavy atom. The molecule has 0 aromatic heterocycles. The van der Waals surface area contributed by atoms with Crippen molar-refractivity contribution in [2.45, 2.75) is 46.7 Å². The lowest BCUT2D eigenvalue weighted by molar-refractivity contribution is -0.124. The topological polar surface area (TPSA) is 58.2 Å². The second-order valence-corrected chi connectivity index (χ2v) is 7.08. The predicted octanol–water partition coefficient (Wildman–Crippen LogP) is 3.69. The fraction of sp³-hybridized carbons (Fsp3) is 0.364. The van der Waals surface area contributed by atoms with E-state index in [1.807, 2.05) is 39.0 Å². The third kappa shape index (κ3) is 6.03. The Balaban J connectivity index is 2.03. The van der Waals surface area contributed by atoms with Crippen LogP contribution in [-0.4, -0.2) is 17.9 Å². The number of rotatable bonds is 7. The molecule has 138 valence electrons. The quantitative estimate of drug-likeness (QED) is 0.798. The van der Waals surface area contributed by atoms with Crippen LogP contribution in [0.1, 0.15) is 38.8 Å². The summed E-state index contributed by atoms with van der Waals surface area (Å²) < 4.78 is 0. The van der Waals surface area contributed by atoms with E-state index in [1.54, 1.807) is 0 Å². The Kier molecular flexibility index (Phi) is 6.96. The molecule has 2 N–H and O–H groups in total. The summed E-state index contributed by atoms with van der Waals surface area (Å²) in [5, 5.41) is 5.85. The average molecular weight is 352 g/mol. The van der Waals surface area contributed by atoms with E-state index in [-0.39, 0.29) is 23.8 Å². The van der Waals surface area contributed by atoms with Crippen LogP contribution in [-0.2, 0) is 22.6 Å². The van der Waals surface area contributed by atoms with Crippen molar-refractivity contribution < 1.29 is 9.59 Å². The normalized spacial score (nSPS) is 11.9. The number of nitrogens with one attached hydrogen (secondary N) is 2. The van der Waals surface area contributed by atoms with E-state index in [9.17, 15) is 9.59 Å². The molecule has 0 spiro atoms. The molecular weight excluding hydrogens is 324 g/mol. The highest BCUT2D eigenvalue weighted by Gasteiger charge is 2.07. The first-order valence-electron chi connectivity index (χ1n) is 9.08. The molecular formula is C22H28N2O2. The number of hydrogen-bond acceptors (Lipinski definition) is 2. The van der Waals surface area contributed by atoms with Gasteiger partial charge in [-0.15, -0.1) is 0 Å². The van der Waals surface area contributed by atoms with Crippen LogP contribution >= 0.6 is 0 Å². The average Bonchev–Trinajstić information content (AvgIpc) is 2.59. The van der Waals surface area contributed by atoms with Crippen LogP contribution < -0.4 is 10.6 Å². The zero-order valence-corrected chi connectivity index (χ0v) is 16.0. The molecule has 0 saturated heterocycles. The Hall–Kier alpha value is -2.62. The number of amides is 2. The highest BCUT2D eigenvalue weighted by molar-refractivity contribution is 5.77. The molecule has 0 fully saturated rings. The van der Waals surface area contributed by atoms with Crippen molar-refractivity contribution in [3.63, 3.8) is 0 Å². The molecule has 0 bridgehead atoms. The third-order valence-corrected chi connectivity index (χ3v) is 4.20. The van der Waals surface area contributed by atoms with Gasteiger partial charge in [0.15, 0.2) is 0 Å². The molecule has 1 atom stereocenters. The summed E-state index contributed by atoms with van der Waals surface area (Å²) in [6, 6.07) is 16.7. The number of benzene rings is 2. The molecule has 0 heterocycles. The summed E-state index contributed by atoms with van der Waals surface area (Å²) in [5.41, 5.74) is 4.56. The molecule has 0 aliphatic rings. The van der Waals surface area contributed by atoms with Crippen LogP contribution in [0.2, 0.25) is 0 Å². The highest BCUT2D eigenvalue weighted by atomic mass is 16.2. The van der Waals surface area contributed by atoms with Gasteiger partial charge in [-0.05, 0) is 35.6 Å². The summed E-state index contributed by atoms with van der Waals surface area (Å²) >= 11 is 0. The molecule has 2 rings (SSSR count). The summed E-state index contributed by atoms with van der Waals surface area (Å²) in [5.74, 6) is 0.0563. The Morgan fingerprint density at radius 2 is 1.62 bits per heavy atom. The van der Waals surface area contributed by atoms with Crippen molar-refractivity contribution in [1.82, 2.24) is 10.6 Å². The van der Waals surface area contributed by atoms with Gasteiger partial charge >= 0.3 is 0 Å². The smallest absolute Gasteiger partial charge is 0.222 e. The fourth-order valence-electron chi connectivity index (χ4n) is 2.84. The monoisotopic (exact) mass is 352 g/mol. The van der Waals surface area contributed by atoms with Gasteiger partial charge in [-0.25, -0.2) is 0 Å². The van der Waals surface area contributed by atoms with E-state index in [4.69, 9.17) is 0 Å². The van der Waals surface area contributed by atoms with Crippen LogP contribution in [0.15, 0.2) is 48.5 Å². The molecule has 0 aliphatic carbocycles. The van der Waals surface area contributed by atoms with E-state index in [0.29, 0.717) is 6.54 Å². The van der Waals surface area contributed by atoms with Crippen molar-refractivity contribution in [2.75, 3.05) is 0 Å². The Bertz CT molecular complexity index is 751. The fourth-order valence-corrected chi connectivity index (χ4v) is 2.84. The van der Waals surface area contributed by atoms with E-state index < -0.39 is 0 Å². The highest BCUT2D eigenvalue weighted by Crippen LogP contribution is 2.21. The van der Waals surface area contributed by atoms with Crippen molar-refractivity contribution >= 4 is 11.8 Å². The van der Waals surface area contributed by atoms with Gasteiger partial charge in [-0.1, -0.05) is 62.4 Å². The van der Waals surface area contributed by atoms with Crippen molar-refractivity contribution in [3.05, 3.63) is 59.7 Å². The standard InChI is InChI=1S/C22H28N2O2/c1-15(2)22(26)23-14-18-8-10-20(11-9-18)21-7-5-6-19(13-21)12-16(3)24-17(4)25/h5-11,13,15-16H,12,14H2,1-4H3,(H,23,26)(H,24,25)/t16-/m1/s1. The second kappa shape index (κ2) is 9.18. The largest absolute Gasteiger partial charge is 0.354 e. The Morgan fingerprint density at radius 3 is 2.23 bits per heavy atom. The minimum atomic E-state index is -0.00574. The number of carbonyl (C=O) groups excluding carboxylic acids is 2. The summed E-state index contributed by atoms with van der Waals surface area (Å²) in [7, 11) is 0. The van der Waals surface area contributed by atoms with Gasteiger partial charge in [0.2, 0.25) is 11.8 Å². The molecule has 2 aromatic rings. The van der Waals surface area contributed by atoms with Crippen LogP contribution in [0.5, 0.6) is 0 Å². The molecule has 0 saturated carbocycles. The number of carbonyl (C=O) groups is 2. The molecule has 2 aromatic carbocycles. The van der Waals surface area contributed by atoms with Crippen molar-refractivity contribution in [1.29, 1.82) is 0 Å². The lowest BCUT2D eigenvalue weighted by atomic mass is 9.99. The van der Waals surface area contributed by atoms with Gasteiger partial charge < -0.3 is 10.6 Å². The molecule has 26 heavy (non-hydrogen) atoms. The predicted molar refractivity (Wildman–Crippen MR) is 106 cm³/mol. The molecule has 4 nitrogen and oxygen atoms in total. The second-order valence-electron chi connectivity index (χ2n) is 7.08. The first kappa shape index (κ1) is 19.7. The molecule has 0 unspecified atom stereocenters. The Labute approximate surface area is 156 Å². The van der Waals surface area contributed by atoms with Crippen LogP contribution in [0, 0.1) is 5.92 Å². The summed E-state index contributed by atoms with van der Waals surface area (Å²) in [6.07, 6.45) is 0.798. The van der Waals surface area contributed by atoms with E-state index in [1.165, 1.54) is 12.5 Å². The van der Waals surface area contributed by atoms with Gasteiger partial charge in [0.1, 0.15) is 0 Å².